The summed E-state index contributed by atoms with van der Waals surface area (Å²) in [6, 6.07) is 10.0. The van der Waals surface area contributed by atoms with E-state index in [-0.39, 0.29) is 30.2 Å². The van der Waals surface area contributed by atoms with Crippen LogP contribution in [0, 0.1) is 11.8 Å². The molecule has 28 heavy (non-hydrogen) atoms. The zero-order chi connectivity index (χ0) is 20.1. The number of urea groups is 1. The maximum absolute atomic E-state index is 12.4. The molecule has 3 amide bonds. The van der Waals surface area contributed by atoms with Crippen LogP contribution in [0.15, 0.2) is 47.1 Å². The molecule has 2 atom stereocenters. The van der Waals surface area contributed by atoms with Gasteiger partial charge in [-0.3, -0.25) is 9.59 Å². The van der Waals surface area contributed by atoms with Crippen LogP contribution in [0.4, 0.5) is 10.5 Å². The van der Waals surface area contributed by atoms with Crippen molar-refractivity contribution in [1.29, 1.82) is 0 Å². The minimum atomic E-state index is -0.864. The first kappa shape index (κ1) is 19.5. The average Bonchev–Trinajstić information content (AvgIpc) is 3.21. The summed E-state index contributed by atoms with van der Waals surface area (Å²) in [5.74, 6) is -1.34. The Bertz CT molecular complexity index is 832. The molecule has 1 aromatic heterocycles. The van der Waals surface area contributed by atoms with Gasteiger partial charge >= 0.3 is 12.0 Å². The van der Waals surface area contributed by atoms with Gasteiger partial charge in [0.05, 0.1) is 12.2 Å². The van der Waals surface area contributed by atoms with Crippen LogP contribution in [0.25, 0.3) is 0 Å². The van der Waals surface area contributed by atoms with E-state index in [0.717, 1.165) is 5.56 Å². The lowest BCUT2D eigenvalue weighted by atomic mass is 9.91. The Morgan fingerprint density at radius 2 is 1.93 bits per heavy atom. The lowest BCUT2D eigenvalue weighted by molar-refractivity contribution is -0.143. The molecule has 3 rings (SSSR count). The lowest BCUT2D eigenvalue weighted by Crippen LogP contribution is -2.49. The highest BCUT2D eigenvalue weighted by molar-refractivity contribution is 6.02. The second kappa shape index (κ2) is 8.60. The number of likely N-dealkylation sites (tertiary alicyclic amines) is 1. The van der Waals surface area contributed by atoms with E-state index in [1.54, 1.807) is 41.3 Å². The normalized spacial score (nSPS) is 19.1. The maximum atomic E-state index is 12.4. The van der Waals surface area contributed by atoms with Crippen molar-refractivity contribution in [2.24, 2.45) is 11.8 Å². The van der Waals surface area contributed by atoms with Gasteiger partial charge in [-0.25, -0.2) is 4.79 Å². The third kappa shape index (κ3) is 4.91. The second-order valence-corrected chi connectivity index (χ2v) is 7.07. The smallest absolute Gasteiger partial charge is 0.317 e. The van der Waals surface area contributed by atoms with Gasteiger partial charge in [0.25, 0.3) is 5.91 Å². The summed E-state index contributed by atoms with van der Waals surface area (Å²) in [6.45, 7) is 3.04. The number of carbonyl (C=O) groups is 3. The number of aliphatic carboxylic acids is 1. The molecule has 0 bridgehead atoms. The highest BCUT2D eigenvalue weighted by Crippen LogP contribution is 2.22. The zero-order valence-corrected chi connectivity index (χ0v) is 15.6. The number of piperidine rings is 1. The van der Waals surface area contributed by atoms with Gasteiger partial charge in [-0.15, -0.1) is 0 Å². The number of benzene rings is 1. The highest BCUT2D eigenvalue weighted by atomic mass is 16.4. The number of anilines is 1. The quantitative estimate of drug-likeness (QED) is 0.733. The van der Waals surface area contributed by atoms with Crippen LogP contribution in [0.2, 0.25) is 0 Å². The number of nitrogens with one attached hydrogen (secondary N) is 2. The molecule has 1 aromatic carbocycles. The zero-order valence-electron chi connectivity index (χ0n) is 15.6. The molecule has 0 spiro atoms. The first-order valence-corrected chi connectivity index (χ1v) is 9.11. The summed E-state index contributed by atoms with van der Waals surface area (Å²) in [6.07, 6.45) is 2.02. The third-order valence-corrected chi connectivity index (χ3v) is 4.70. The van der Waals surface area contributed by atoms with Crippen LogP contribution in [-0.4, -0.2) is 41.0 Å². The van der Waals surface area contributed by atoms with E-state index < -0.39 is 11.9 Å². The van der Waals surface area contributed by atoms with Gasteiger partial charge in [0.1, 0.15) is 0 Å². The van der Waals surface area contributed by atoms with Gasteiger partial charge in [0.2, 0.25) is 0 Å². The molecule has 1 saturated heterocycles. The van der Waals surface area contributed by atoms with Crippen LogP contribution < -0.4 is 10.6 Å². The predicted molar refractivity (Wildman–Crippen MR) is 102 cm³/mol. The summed E-state index contributed by atoms with van der Waals surface area (Å²) >= 11 is 0. The topological polar surface area (TPSA) is 112 Å². The van der Waals surface area contributed by atoms with Crippen molar-refractivity contribution >= 4 is 23.6 Å². The number of furan rings is 1. The SMILES string of the molecule is CC1CC(C(=O)O)CN(C(=O)NCc2ccc(NC(=O)c3ccco3)cc2)C1. The molecule has 1 fully saturated rings. The van der Waals surface area contributed by atoms with E-state index in [4.69, 9.17) is 4.42 Å². The van der Waals surface area contributed by atoms with E-state index in [0.29, 0.717) is 25.2 Å². The Kier molecular flexibility index (Phi) is 5.98. The predicted octanol–water partition coefficient (Wildman–Crippen LogP) is 2.78. The molecule has 8 nitrogen and oxygen atoms in total. The van der Waals surface area contributed by atoms with Crippen LogP contribution in [-0.2, 0) is 11.3 Å². The van der Waals surface area contributed by atoms with Gasteiger partial charge in [0, 0.05) is 25.3 Å². The first-order valence-electron chi connectivity index (χ1n) is 9.11. The minimum Gasteiger partial charge on any atom is -0.481 e. The van der Waals surface area contributed by atoms with Gasteiger partial charge in [-0.05, 0) is 42.2 Å². The molecule has 8 heteroatoms. The number of hydrogen-bond donors (Lipinski definition) is 3. The van der Waals surface area contributed by atoms with Crippen LogP contribution in [0.3, 0.4) is 0 Å². The van der Waals surface area contributed by atoms with Crippen molar-refractivity contribution < 1.29 is 23.9 Å². The fourth-order valence-electron chi connectivity index (χ4n) is 3.29. The highest BCUT2D eigenvalue weighted by Gasteiger charge is 2.31. The largest absolute Gasteiger partial charge is 0.481 e. The molecular weight excluding hydrogens is 362 g/mol. The molecule has 1 aliphatic rings. The summed E-state index contributed by atoms with van der Waals surface area (Å²) in [5, 5.41) is 14.8. The van der Waals surface area contributed by atoms with Crippen molar-refractivity contribution in [1.82, 2.24) is 10.2 Å². The number of amides is 3. The fraction of sp³-hybridized carbons (Fsp3) is 0.350. The molecule has 0 aliphatic carbocycles. The Balaban J connectivity index is 1.51. The average molecular weight is 385 g/mol. The van der Waals surface area contributed by atoms with Crippen LogP contribution in [0.5, 0.6) is 0 Å². The maximum Gasteiger partial charge on any atom is 0.317 e. The summed E-state index contributed by atoms with van der Waals surface area (Å²) in [4.78, 5) is 37.1. The van der Waals surface area contributed by atoms with E-state index in [1.165, 1.54) is 6.26 Å². The molecular formula is C20H23N3O5. The van der Waals surface area contributed by atoms with Gasteiger partial charge < -0.3 is 25.1 Å². The summed E-state index contributed by atoms with van der Waals surface area (Å²) in [7, 11) is 0. The summed E-state index contributed by atoms with van der Waals surface area (Å²) in [5.41, 5.74) is 1.48. The molecule has 0 radical (unpaired) electrons. The number of carboxylic acids is 1. The first-order chi connectivity index (χ1) is 13.4. The minimum absolute atomic E-state index is 0.151. The van der Waals surface area contributed by atoms with Crippen molar-refractivity contribution in [2.45, 2.75) is 19.9 Å². The molecule has 0 saturated carbocycles. The molecule has 2 unspecified atom stereocenters. The van der Waals surface area contributed by atoms with Gasteiger partial charge in [-0.2, -0.15) is 0 Å². The Morgan fingerprint density at radius 3 is 2.57 bits per heavy atom. The Labute approximate surface area is 162 Å². The number of carbonyl (C=O) groups excluding carboxylic acids is 2. The number of carboxylic acid groups (broad SMARTS) is 1. The second-order valence-electron chi connectivity index (χ2n) is 7.07. The molecule has 148 valence electrons. The van der Waals surface area contributed by atoms with Crippen molar-refractivity contribution in [3.8, 4) is 0 Å². The van der Waals surface area contributed by atoms with Crippen molar-refractivity contribution in [2.75, 3.05) is 18.4 Å². The number of hydrogen-bond acceptors (Lipinski definition) is 4. The molecule has 3 N–H and O–H groups in total. The van der Waals surface area contributed by atoms with E-state index in [2.05, 4.69) is 10.6 Å². The van der Waals surface area contributed by atoms with Crippen molar-refractivity contribution in [3.63, 3.8) is 0 Å². The third-order valence-electron chi connectivity index (χ3n) is 4.70. The van der Waals surface area contributed by atoms with Crippen molar-refractivity contribution in [3.05, 3.63) is 54.0 Å². The van der Waals surface area contributed by atoms with E-state index in [9.17, 15) is 19.5 Å². The summed E-state index contributed by atoms with van der Waals surface area (Å²) < 4.78 is 5.04. The monoisotopic (exact) mass is 385 g/mol. The van der Waals surface area contributed by atoms with Crippen LogP contribution in [0.1, 0.15) is 29.5 Å². The van der Waals surface area contributed by atoms with E-state index >= 15 is 0 Å². The fourth-order valence-corrected chi connectivity index (χ4v) is 3.29. The molecule has 2 heterocycles. The van der Waals surface area contributed by atoms with E-state index in [1.807, 2.05) is 6.92 Å². The van der Waals surface area contributed by atoms with Gasteiger partial charge in [0.15, 0.2) is 5.76 Å². The standard InChI is InChI=1S/C20H23N3O5/c1-13-9-15(19(25)26)12-23(11-13)20(27)21-10-14-4-6-16(7-5-14)22-18(24)17-3-2-8-28-17/h2-8,13,15H,9-12H2,1H3,(H,21,27)(H,22,24)(H,25,26). The Hall–Kier alpha value is -3.29. The number of nitrogens with zero attached hydrogens (tertiary/aromatic N) is 1. The van der Waals surface area contributed by atoms with Crippen LogP contribution >= 0.6 is 0 Å². The molecule has 1 aliphatic heterocycles. The number of rotatable bonds is 5. The lowest BCUT2D eigenvalue weighted by Gasteiger charge is -2.34. The Morgan fingerprint density at radius 1 is 1.18 bits per heavy atom. The van der Waals surface area contributed by atoms with Gasteiger partial charge in [-0.1, -0.05) is 19.1 Å². The molecule has 2 aromatic rings.